The number of rotatable bonds is 4. The number of hydrogen-bond donors (Lipinski definition) is 2. The summed E-state index contributed by atoms with van der Waals surface area (Å²) in [6, 6.07) is 7.59. The molecule has 1 aromatic carbocycles. The lowest BCUT2D eigenvalue weighted by molar-refractivity contribution is -0.114. The fourth-order valence-corrected chi connectivity index (χ4v) is 4.17. The van der Waals surface area contributed by atoms with E-state index in [0.717, 1.165) is 25.9 Å². The van der Waals surface area contributed by atoms with E-state index in [1.807, 2.05) is 38.1 Å². The predicted octanol–water partition coefficient (Wildman–Crippen LogP) is 3.85. The Bertz CT molecular complexity index is 958. The lowest BCUT2D eigenvalue weighted by Crippen LogP contribution is -2.10. The summed E-state index contributed by atoms with van der Waals surface area (Å²) < 4.78 is 0. The largest absolute Gasteiger partial charge is 0.326 e. The van der Waals surface area contributed by atoms with Crippen LogP contribution in [-0.4, -0.2) is 15.9 Å². The monoisotopic (exact) mass is 359 g/mol. The molecular weight excluding hydrogens is 342 g/mol. The molecule has 2 N–H and O–H groups in total. The van der Waals surface area contributed by atoms with Gasteiger partial charge in [0.1, 0.15) is 10.7 Å². The number of carbonyl (C=O) groups excluding carboxylic acids is 1. The van der Waals surface area contributed by atoms with Crippen molar-refractivity contribution in [2.45, 2.75) is 31.4 Å². The third kappa shape index (κ3) is 3.52. The molecule has 1 amide bonds. The van der Waals surface area contributed by atoms with Crippen LogP contribution in [0, 0.1) is 13.8 Å². The van der Waals surface area contributed by atoms with Gasteiger partial charge in [-0.2, -0.15) is 0 Å². The summed E-state index contributed by atoms with van der Waals surface area (Å²) in [6.07, 6.45) is 0. The van der Waals surface area contributed by atoms with Crippen LogP contribution in [0.25, 0.3) is 10.2 Å². The van der Waals surface area contributed by atoms with Gasteiger partial charge in [0.05, 0.1) is 11.1 Å². The lowest BCUT2D eigenvalue weighted by atomic mass is 10.2. The van der Waals surface area contributed by atoms with Crippen LogP contribution in [0.1, 0.15) is 23.2 Å². The summed E-state index contributed by atoms with van der Waals surface area (Å²) in [5, 5.41) is 3.43. The Hall–Kier alpha value is -2.12. The van der Waals surface area contributed by atoms with E-state index in [1.54, 1.807) is 23.1 Å². The zero-order valence-corrected chi connectivity index (χ0v) is 15.2. The third-order valence-corrected chi connectivity index (χ3v) is 5.76. The number of benzene rings is 1. The van der Waals surface area contributed by atoms with E-state index in [2.05, 4.69) is 15.3 Å². The SMILES string of the molecule is CC(=O)Nc1ccc(SCc2nc3sc(C)c(C)c3c(=O)[nH]2)cc1. The number of hydrogen-bond acceptors (Lipinski definition) is 5. The Morgan fingerprint density at radius 3 is 2.67 bits per heavy atom. The number of anilines is 1. The van der Waals surface area contributed by atoms with E-state index < -0.39 is 0 Å². The van der Waals surface area contributed by atoms with Gasteiger partial charge < -0.3 is 10.3 Å². The van der Waals surface area contributed by atoms with Crippen molar-refractivity contribution in [2.24, 2.45) is 0 Å². The number of nitrogens with zero attached hydrogens (tertiary/aromatic N) is 1. The first-order valence-electron chi connectivity index (χ1n) is 7.43. The zero-order valence-electron chi connectivity index (χ0n) is 13.6. The van der Waals surface area contributed by atoms with Gasteiger partial charge in [-0.15, -0.1) is 23.1 Å². The Kier molecular flexibility index (Phi) is 4.73. The van der Waals surface area contributed by atoms with E-state index in [-0.39, 0.29) is 11.5 Å². The molecule has 0 aliphatic heterocycles. The van der Waals surface area contributed by atoms with Crippen LogP contribution in [0.5, 0.6) is 0 Å². The minimum absolute atomic E-state index is 0.0709. The van der Waals surface area contributed by atoms with Crippen molar-refractivity contribution >= 4 is 44.9 Å². The van der Waals surface area contributed by atoms with E-state index in [9.17, 15) is 9.59 Å². The van der Waals surface area contributed by atoms with Crippen molar-refractivity contribution in [1.82, 2.24) is 9.97 Å². The second-order valence-corrected chi connectivity index (χ2v) is 7.72. The molecule has 7 heteroatoms. The molecule has 0 saturated carbocycles. The van der Waals surface area contributed by atoms with Gasteiger partial charge in [0.25, 0.3) is 5.56 Å². The highest BCUT2D eigenvalue weighted by Crippen LogP contribution is 2.27. The fourth-order valence-electron chi connectivity index (χ4n) is 2.36. The molecule has 124 valence electrons. The smallest absolute Gasteiger partial charge is 0.259 e. The first-order valence-corrected chi connectivity index (χ1v) is 9.23. The average molecular weight is 359 g/mol. The van der Waals surface area contributed by atoms with E-state index in [0.29, 0.717) is 17.0 Å². The molecule has 2 aromatic heterocycles. The second-order valence-electron chi connectivity index (χ2n) is 5.47. The van der Waals surface area contributed by atoms with Gasteiger partial charge in [-0.1, -0.05) is 0 Å². The van der Waals surface area contributed by atoms with Gasteiger partial charge in [0.15, 0.2) is 0 Å². The van der Waals surface area contributed by atoms with Crippen molar-refractivity contribution in [3.05, 3.63) is 50.9 Å². The fraction of sp³-hybridized carbons (Fsp3) is 0.235. The number of thioether (sulfide) groups is 1. The molecule has 2 heterocycles. The molecule has 0 spiro atoms. The molecule has 0 unspecified atom stereocenters. The van der Waals surface area contributed by atoms with Gasteiger partial charge in [-0.25, -0.2) is 4.98 Å². The first kappa shape index (κ1) is 16.7. The summed E-state index contributed by atoms with van der Waals surface area (Å²) in [4.78, 5) is 33.7. The van der Waals surface area contributed by atoms with E-state index >= 15 is 0 Å². The standard InChI is InChI=1S/C17H17N3O2S2/c1-9-10(2)24-17-15(9)16(22)19-14(20-17)8-23-13-6-4-12(5-7-13)18-11(3)21/h4-7H,8H2,1-3H3,(H,18,21)(H,19,20,22). The van der Waals surface area contributed by atoms with Crippen LogP contribution in [0.15, 0.2) is 34.0 Å². The number of aryl methyl sites for hydroxylation is 2. The maximum Gasteiger partial charge on any atom is 0.259 e. The van der Waals surface area contributed by atoms with Crippen LogP contribution < -0.4 is 10.9 Å². The van der Waals surface area contributed by atoms with E-state index in [4.69, 9.17) is 0 Å². The van der Waals surface area contributed by atoms with Gasteiger partial charge >= 0.3 is 0 Å². The lowest BCUT2D eigenvalue weighted by Gasteiger charge is -2.05. The number of aromatic amines is 1. The molecule has 3 aromatic rings. The predicted molar refractivity (Wildman–Crippen MR) is 100 cm³/mol. The van der Waals surface area contributed by atoms with Crippen molar-refractivity contribution in [3.63, 3.8) is 0 Å². The maximum absolute atomic E-state index is 12.3. The third-order valence-electron chi connectivity index (χ3n) is 3.64. The number of aromatic nitrogens is 2. The molecule has 0 saturated heterocycles. The average Bonchev–Trinajstić information content (AvgIpc) is 2.81. The quantitative estimate of drug-likeness (QED) is 0.694. The number of nitrogens with one attached hydrogen (secondary N) is 2. The summed E-state index contributed by atoms with van der Waals surface area (Å²) in [5.74, 6) is 1.16. The topological polar surface area (TPSA) is 74.8 Å². The number of carbonyl (C=O) groups is 1. The Balaban J connectivity index is 1.76. The number of fused-ring (bicyclic) bond motifs is 1. The molecule has 0 radical (unpaired) electrons. The summed E-state index contributed by atoms with van der Waals surface area (Å²) >= 11 is 3.14. The van der Waals surface area contributed by atoms with Crippen LogP contribution in [0.2, 0.25) is 0 Å². The summed E-state index contributed by atoms with van der Waals surface area (Å²) in [5.41, 5.74) is 1.71. The summed E-state index contributed by atoms with van der Waals surface area (Å²) in [6.45, 7) is 5.44. The molecule has 0 atom stereocenters. The number of thiophene rings is 1. The molecular formula is C17H17N3O2S2. The van der Waals surface area contributed by atoms with Gasteiger partial charge in [-0.3, -0.25) is 9.59 Å². The highest BCUT2D eigenvalue weighted by atomic mass is 32.2. The van der Waals surface area contributed by atoms with Crippen molar-refractivity contribution in [2.75, 3.05) is 5.32 Å². The zero-order chi connectivity index (χ0) is 17.3. The van der Waals surface area contributed by atoms with Gasteiger partial charge in [-0.05, 0) is 43.7 Å². The molecule has 3 rings (SSSR count). The Morgan fingerprint density at radius 2 is 2.00 bits per heavy atom. The number of amides is 1. The molecule has 5 nitrogen and oxygen atoms in total. The second kappa shape index (κ2) is 6.78. The van der Waals surface area contributed by atoms with E-state index in [1.165, 1.54) is 6.92 Å². The van der Waals surface area contributed by atoms with Gasteiger partial charge in [0.2, 0.25) is 5.91 Å². The molecule has 0 aliphatic rings. The minimum atomic E-state index is -0.0907. The molecule has 0 fully saturated rings. The Morgan fingerprint density at radius 1 is 1.29 bits per heavy atom. The normalized spacial score (nSPS) is 11.0. The minimum Gasteiger partial charge on any atom is -0.326 e. The molecule has 0 bridgehead atoms. The van der Waals surface area contributed by atoms with Crippen LogP contribution in [0.3, 0.4) is 0 Å². The Labute approximate surface area is 147 Å². The van der Waals surface area contributed by atoms with Crippen molar-refractivity contribution in [1.29, 1.82) is 0 Å². The molecule has 24 heavy (non-hydrogen) atoms. The van der Waals surface area contributed by atoms with Crippen LogP contribution in [-0.2, 0) is 10.5 Å². The number of H-pyrrole nitrogens is 1. The highest BCUT2D eigenvalue weighted by Gasteiger charge is 2.11. The van der Waals surface area contributed by atoms with Crippen molar-refractivity contribution < 1.29 is 4.79 Å². The van der Waals surface area contributed by atoms with Crippen LogP contribution in [0.4, 0.5) is 5.69 Å². The highest BCUT2D eigenvalue weighted by molar-refractivity contribution is 7.98. The molecule has 0 aliphatic carbocycles. The van der Waals surface area contributed by atoms with Crippen molar-refractivity contribution in [3.8, 4) is 0 Å². The van der Waals surface area contributed by atoms with Crippen LogP contribution >= 0.6 is 23.1 Å². The first-order chi connectivity index (χ1) is 11.4. The maximum atomic E-state index is 12.3. The van der Waals surface area contributed by atoms with Gasteiger partial charge in [0, 0.05) is 22.4 Å². The summed E-state index contributed by atoms with van der Waals surface area (Å²) in [7, 11) is 0.